The van der Waals surface area contributed by atoms with Gasteiger partial charge in [0.2, 0.25) is 0 Å². The second-order valence-electron chi connectivity index (χ2n) is 9.80. The highest BCUT2D eigenvalue weighted by Gasteiger charge is 2.43. The van der Waals surface area contributed by atoms with E-state index in [1.54, 1.807) is 25.3 Å². The third-order valence-electron chi connectivity index (χ3n) is 5.43. The summed E-state index contributed by atoms with van der Waals surface area (Å²) in [6.45, 7) is 14.1. The molecule has 10 heteroatoms. The van der Waals surface area contributed by atoms with E-state index in [0.717, 1.165) is 23.3 Å². The zero-order valence-corrected chi connectivity index (χ0v) is 20.8. The van der Waals surface area contributed by atoms with E-state index in [2.05, 4.69) is 10.9 Å². The molecule has 2 aromatic rings. The lowest BCUT2D eigenvalue weighted by atomic mass is 10.2. The number of nitrogens with one attached hydrogen (secondary N) is 2. The van der Waals surface area contributed by atoms with Crippen LogP contribution >= 0.6 is 11.3 Å². The van der Waals surface area contributed by atoms with Gasteiger partial charge < -0.3 is 9.47 Å². The molecule has 0 radical (unpaired) electrons. The van der Waals surface area contributed by atoms with Crippen molar-refractivity contribution in [2.45, 2.75) is 91.6 Å². The van der Waals surface area contributed by atoms with Gasteiger partial charge in [-0.15, -0.1) is 11.3 Å². The Balaban J connectivity index is 1.94. The normalized spacial score (nSPS) is 15.4. The van der Waals surface area contributed by atoms with Crippen molar-refractivity contribution in [1.29, 1.82) is 0 Å². The smallest absolute Gasteiger partial charge is 0.422 e. The summed E-state index contributed by atoms with van der Waals surface area (Å²) in [6, 6.07) is 0. The molecule has 178 valence electrons. The van der Waals surface area contributed by atoms with Gasteiger partial charge in [0.15, 0.2) is 0 Å². The van der Waals surface area contributed by atoms with Crippen molar-refractivity contribution in [1.82, 2.24) is 20.0 Å². The Morgan fingerprint density at radius 3 is 2.47 bits per heavy atom. The van der Waals surface area contributed by atoms with Crippen LogP contribution in [0.4, 0.5) is 4.79 Å². The maximum Gasteiger partial charge on any atom is 0.422 e. The fraction of sp³-hybridized carbons (Fsp3) is 0.682. The third-order valence-corrected chi connectivity index (χ3v) is 6.74. The first-order chi connectivity index (χ1) is 14.8. The summed E-state index contributed by atoms with van der Waals surface area (Å²) in [4.78, 5) is 40.1. The Hall–Kier alpha value is -2.17. The monoisotopic (exact) mass is 466 g/mol. The van der Waals surface area contributed by atoms with Crippen LogP contribution in [0.3, 0.4) is 0 Å². The van der Waals surface area contributed by atoms with E-state index >= 15 is 0 Å². The summed E-state index contributed by atoms with van der Waals surface area (Å²) in [6.07, 6.45) is 1.10. The maximum absolute atomic E-state index is 13.4. The highest BCUT2D eigenvalue weighted by Crippen LogP contribution is 2.41. The molecular formula is C22H34N4O5S. The summed E-state index contributed by atoms with van der Waals surface area (Å²) < 4.78 is 14.0. The standard InChI is InChI=1S/C22H34N4O5S/c1-13(2)30-11-10-25-18-16(17(27)26(20(25)29)22(7)8-9-22)14(3)15(32-18)12-23-24-19(28)31-21(4,5)6/h13,23H,8-12H2,1-7H3,(H,24,28). The Morgan fingerprint density at radius 1 is 1.25 bits per heavy atom. The number of ether oxygens (including phenoxy) is 2. The molecule has 0 saturated heterocycles. The highest BCUT2D eigenvalue weighted by molar-refractivity contribution is 7.18. The first-order valence-corrected chi connectivity index (χ1v) is 11.8. The lowest BCUT2D eigenvalue weighted by Gasteiger charge is -2.19. The number of amides is 1. The average molecular weight is 467 g/mol. The van der Waals surface area contributed by atoms with Crippen LogP contribution in [0.2, 0.25) is 0 Å². The van der Waals surface area contributed by atoms with Crippen LogP contribution in [-0.4, -0.2) is 33.5 Å². The van der Waals surface area contributed by atoms with Crippen molar-refractivity contribution in [3.05, 3.63) is 31.3 Å². The first kappa shape index (κ1) is 24.5. The topological polar surface area (TPSA) is 104 Å². The molecule has 2 heterocycles. The molecule has 0 bridgehead atoms. The van der Waals surface area contributed by atoms with E-state index in [1.165, 1.54) is 15.9 Å². The minimum atomic E-state index is -0.600. The Bertz CT molecular complexity index is 1120. The molecule has 1 saturated carbocycles. The molecule has 1 aliphatic rings. The third kappa shape index (κ3) is 5.24. The quantitative estimate of drug-likeness (QED) is 0.580. The minimum absolute atomic E-state index is 0.0526. The van der Waals surface area contributed by atoms with Gasteiger partial charge in [0.1, 0.15) is 10.4 Å². The highest BCUT2D eigenvalue weighted by atomic mass is 32.1. The number of aromatic nitrogens is 2. The number of hydrogen-bond donors (Lipinski definition) is 2. The molecular weight excluding hydrogens is 432 g/mol. The zero-order chi connectivity index (χ0) is 23.8. The molecule has 1 amide bonds. The fourth-order valence-corrected chi connectivity index (χ4v) is 4.77. The Labute approximate surface area is 191 Å². The molecule has 32 heavy (non-hydrogen) atoms. The van der Waals surface area contributed by atoms with Gasteiger partial charge in [0, 0.05) is 11.4 Å². The van der Waals surface area contributed by atoms with E-state index in [1.807, 2.05) is 27.7 Å². The van der Waals surface area contributed by atoms with Gasteiger partial charge in [0.05, 0.1) is 30.2 Å². The van der Waals surface area contributed by atoms with Crippen molar-refractivity contribution < 1.29 is 14.3 Å². The molecule has 3 rings (SSSR count). The van der Waals surface area contributed by atoms with Crippen LogP contribution in [0, 0.1) is 6.92 Å². The van der Waals surface area contributed by atoms with Crippen molar-refractivity contribution in [3.63, 3.8) is 0 Å². The van der Waals surface area contributed by atoms with Crippen molar-refractivity contribution in [2.24, 2.45) is 0 Å². The molecule has 0 unspecified atom stereocenters. The predicted molar refractivity (Wildman–Crippen MR) is 125 cm³/mol. The molecule has 2 aromatic heterocycles. The molecule has 0 aromatic carbocycles. The number of thiophene rings is 1. The molecule has 0 spiro atoms. The molecule has 0 aliphatic heterocycles. The number of hydrazine groups is 1. The zero-order valence-electron chi connectivity index (χ0n) is 20.0. The van der Waals surface area contributed by atoms with Crippen LogP contribution in [0.1, 0.15) is 64.8 Å². The summed E-state index contributed by atoms with van der Waals surface area (Å²) in [5, 5.41) is 0.557. The number of fused-ring (bicyclic) bond motifs is 1. The summed E-state index contributed by atoms with van der Waals surface area (Å²) in [7, 11) is 0. The van der Waals surface area contributed by atoms with Crippen molar-refractivity contribution in [3.8, 4) is 0 Å². The van der Waals surface area contributed by atoms with Crippen LogP contribution in [0.15, 0.2) is 9.59 Å². The van der Waals surface area contributed by atoms with E-state index in [-0.39, 0.29) is 17.4 Å². The molecule has 9 nitrogen and oxygen atoms in total. The summed E-state index contributed by atoms with van der Waals surface area (Å²) >= 11 is 1.38. The number of aryl methyl sites for hydroxylation is 1. The van der Waals surface area contributed by atoms with Crippen LogP contribution in [-0.2, 0) is 28.1 Å². The molecule has 0 atom stereocenters. The average Bonchev–Trinajstić information content (AvgIpc) is 3.29. The Morgan fingerprint density at radius 2 is 1.91 bits per heavy atom. The van der Waals surface area contributed by atoms with E-state index < -0.39 is 17.2 Å². The minimum Gasteiger partial charge on any atom is -0.443 e. The van der Waals surface area contributed by atoms with Gasteiger partial charge in [-0.2, -0.15) is 0 Å². The predicted octanol–water partition coefficient (Wildman–Crippen LogP) is 3.00. The lowest BCUT2D eigenvalue weighted by molar-refractivity contribution is 0.0497. The van der Waals surface area contributed by atoms with Crippen molar-refractivity contribution in [2.75, 3.05) is 6.61 Å². The molecule has 2 N–H and O–H groups in total. The number of nitrogens with zero attached hydrogens (tertiary/aromatic N) is 2. The van der Waals surface area contributed by atoms with E-state index in [9.17, 15) is 14.4 Å². The number of carbonyl (C=O) groups excluding carboxylic acids is 1. The second kappa shape index (κ2) is 8.99. The summed E-state index contributed by atoms with van der Waals surface area (Å²) in [5.41, 5.74) is 4.63. The van der Waals surface area contributed by atoms with Gasteiger partial charge in [0.25, 0.3) is 5.56 Å². The Kier molecular flexibility index (Phi) is 6.88. The van der Waals surface area contributed by atoms with E-state index in [4.69, 9.17) is 9.47 Å². The van der Waals surface area contributed by atoms with Crippen molar-refractivity contribution >= 4 is 27.6 Å². The van der Waals surface area contributed by atoms with E-state index in [0.29, 0.717) is 29.9 Å². The maximum atomic E-state index is 13.4. The molecule has 1 fully saturated rings. The number of hydrogen-bond acceptors (Lipinski definition) is 7. The van der Waals surface area contributed by atoms with Crippen LogP contribution < -0.4 is 22.1 Å². The summed E-state index contributed by atoms with van der Waals surface area (Å²) in [5.74, 6) is 0. The van der Waals surface area contributed by atoms with Gasteiger partial charge >= 0.3 is 11.8 Å². The van der Waals surface area contributed by atoms with Gasteiger partial charge in [-0.05, 0) is 66.9 Å². The van der Waals surface area contributed by atoms with Crippen LogP contribution in [0.25, 0.3) is 10.2 Å². The first-order valence-electron chi connectivity index (χ1n) is 11.0. The lowest BCUT2D eigenvalue weighted by Crippen LogP contribution is -2.45. The van der Waals surface area contributed by atoms with Gasteiger partial charge in [-0.25, -0.2) is 15.0 Å². The van der Waals surface area contributed by atoms with Crippen LogP contribution in [0.5, 0.6) is 0 Å². The second-order valence-corrected chi connectivity index (χ2v) is 10.9. The van der Waals surface area contributed by atoms with Gasteiger partial charge in [-0.3, -0.25) is 19.4 Å². The van der Waals surface area contributed by atoms with Gasteiger partial charge in [-0.1, -0.05) is 0 Å². The largest absolute Gasteiger partial charge is 0.443 e. The number of carbonyl (C=O) groups is 1. The number of rotatable bonds is 8. The molecule has 1 aliphatic carbocycles. The fourth-order valence-electron chi connectivity index (χ4n) is 3.52. The SMILES string of the molecule is Cc1c(CNNC(=O)OC(C)(C)C)sc2c1c(=O)n(C1(C)CC1)c(=O)n2CCOC(C)C.